The normalized spacial score (nSPS) is 14.9. The van der Waals surface area contributed by atoms with Crippen molar-refractivity contribution in [1.82, 2.24) is 9.45 Å². The van der Waals surface area contributed by atoms with Crippen molar-refractivity contribution >= 4 is 32.8 Å². The van der Waals surface area contributed by atoms with Crippen molar-refractivity contribution in [3.8, 4) is 0 Å². The zero-order valence-electron chi connectivity index (χ0n) is 11.2. The molecule has 0 bridgehead atoms. The molecule has 0 unspecified atom stereocenters. The Balaban J connectivity index is 1.96. The fraction of sp³-hybridized carbons (Fsp3) is 0.231. The lowest BCUT2D eigenvalue weighted by Crippen LogP contribution is -2.33. The van der Waals surface area contributed by atoms with Gasteiger partial charge in [0.2, 0.25) is 10.0 Å². The highest BCUT2D eigenvalue weighted by Crippen LogP contribution is 2.27. The fourth-order valence-corrected chi connectivity index (χ4v) is 3.43. The smallest absolute Gasteiger partial charge is 0.356 e. The average molecular weight is 324 g/mol. The van der Waals surface area contributed by atoms with Crippen molar-refractivity contribution in [2.24, 2.45) is 0 Å². The Morgan fingerprint density at radius 3 is 2.50 bits per heavy atom. The van der Waals surface area contributed by atoms with E-state index < -0.39 is 27.1 Å². The van der Waals surface area contributed by atoms with E-state index in [-0.39, 0.29) is 16.8 Å². The van der Waals surface area contributed by atoms with Crippen LogP contribution >= 0.6 is 0 Å². The molecule has 0 spiro atoms. The largest absolute Gasteiger partial charge is 0.476 e. The number of amides is 1. The molecule has 1 heterocycles. The van der Waals surface area contributed by atoms with Crippen LogP contribution in [0, 0.1) is 0 Å². The van der Waals surface area contributed by atoms with E-state index >= 15 is 0 Å². The SMILES string of the molecule is O=C(NS(=O)(=O)C1CC1)c1ccc2cc(C(=O)O)n(O)c2c1. The van der Waals surface area contributed by atoms with Gasteiger partial charge in [0.05, 0.1) is 10.8 Å². The second-order valence-electron chi connectivity index (χ2n) is 5.10. The van der Waals surface area contributed by atoms with E-state index in [1.54, 1.807) is 0 Å². The number of carboxylic acid groups (broad SMARTS) is 1. The summed E-state index contributed by atoms with van der Waals surface area (Å²) in [6.07, 6.45) is 1.06. The Morgan fingerprint density at radius 1 is 1.23 bits per heavy atom. The first-order chi connectivity index (χ1) is 10.3. The van der Waals surface area contributed by atoms with Gasteiger partial charge in [-0.15, -0.1) is 0 Å². The molecular weight excluding hydrogens is 312 g/mol. The van der Waals surface area contributed by atoms with E-state index in [2.05, 4.69) is 0 Å². The lowest BCUT2D eigenvalue weighted by molar-refractivity contribution is 0.0649. The van der Waals surface area contributed by atoms with E-state index in [1.165, 1.54) is 24.3 Å². The minimum Gasteiger partial charge on any atom is -0.476 e. The number of carbonyl (C=O) groups is 2. The van der Waals surface area contributed by atoms with Crippen molar-refractivity contribution in [1.29, 1.82) is 0 Å². The maximum absolute atomic E-state index is 12.0. The Bertz CT molecular complexity index is 895. The first-order valence-electron chi connectivity index (χ1n) is 6.43. The van der Waals surface area contributed by atoms with Gasteiger partial charge in [-0.2, -0.15) is 4.73 Å². The van der Waals surface area contributed by atoms with E-state index in [4.69, 9.17) is 5.11 Å². The van der Waals surface area contributed by atoms with Crippen LogP contribution in [0.4, 0.5) is 0 Å². The third-order valence-electron chi connectivity index (χ3n) is 3.46. The maximum Gasteiger partial charge on any atom is 0.356 e. The highest BCUT2D eigenvalue weighted by molar-refractivity contribution is 7.91. The van der Waals surface area contributed by atoms with Crippen molar-refractivity contribution < 1.29 is 28.3 Å². The number of benzene rings is 1. The molecule has 3 N–H and O–H groups in total. The number of carboxylic acids is 1. The van der Waals surface area contributed by atoms with Crippen LogP contribution in [0.1, 0.15) is 33.7 Å². The molecule has 9 heteroatoms. The van der Waals surface area contributed by atoms with Crippen LogP contribution in [0.25, 0.3) is 10.9 Å². The van der Waals surface area contributed by atoms with E-state index in [0.717, 1.165) is 0 Å². The number of fused-ring (bicyclic) bond motifs is 1. The fourth-order valence-electron chi connectivity index (χ4n) is 2.13. The molecule has 116 valence electrons. The second-order valence-corrected chi connectivity index (χ2v) is 7.06. The van der Waals surface area contributed by atoms with E-state index in [9.17, 15) is 23.2 Å². The minimum atomic E-state index is -3.67. The summed E-state index contributed by atoms with van der Waals surface area (Å²) in [5, 5.41) is 18.6. The zero-order valence-corrected chi connectivity index (χ0v) is 12.0. The Morgan fingerprint density at radius 2 is 1.91 bits per heavy atom. The van der Waals surface area contributed by atoms with Gasteiger partial charge in [-0.05, 0) is 31.0 Å². The average Bonchev–Trinajstić information content (AvgIpc) is 3.24. The number of aromatic nitrogens is 1. The summed E-state index contributed by atoms with van der Waals surface area (Å²) >= 11 is 0. The summed E-state index contributed by atoms with van der Waals surface area (Å²) in [6, 6.07) is 5.29. The highest BCUT2D eigenvalue weighted by Gasteiger charge is 2.37. The third kappa shape index (κ3) is 2.39. The number of hydrogen-bond donors (Lipinski definition) is 3. The monoisotopic (exact) mass is 324 g/mol. The zero-order chi connectivity index (χ0) is 16.1. The molecule has 3 rings (SSSR count). The van der Waals surface area contributed by atoms with Crippen molar-refractivity contribution in [3.63, 3.8) is 0 Å². The van der Waals surface area contributed by atoms with Crippen LogP contribution < -0.4 is 4.72 Å². The van der Waals surface area contributed by atoms with Gasteiger partial charge >= 0.3 is 5.97 Å². The maximum atomic E-state index is 12.0. The van der Waals surface area contributed by atoms with Crippen molar-refractivity contribution in [2.75, 3.05) is 0 Å². The molecule has 22 heavy (non-hydrogen) atoms. The van der Waals surface area contributed by atoms with Gasteiger partial charge in [-0.3, -0.25) is 4.79 Å². The van der Waals surface area contributed by atoms with Gasteiger partial charge in [-0.1, -0.05) is 6.07 Å². The van der Waals surface area contributed by atoms with Crippen LogP contribution in [0.5, 0.6) is 0 Å². The van der Waals surface area contributed by atoms with Gasteiger partial charge in [0.1, 0.15) is 0 Å². The first kappa shape index (κ1) is 14.4. The van der Waals surface area contributed by atoms with Gasteiger partial charge in [0.15, 0.2) is 5.69 Å². The Kier molecular flexibility index (Phi) is 3.10. The summed E-state index contributed by atoms with van der Waals surface area (Å²) in [4.78, 5) is 22.9. The summed E-state index contributed by atoms with van der Waals surface area (Å²) in [6.45, 7) is 0. The second kappa shape index (κ2) is 4.73. The molecular formula is C13H12N2O6S. The van der Waals surface area contributed by atoms with Gasteiger partial charge in [-0.25, -0.2) is 17.9 Å². The van der Waals surface area contributed by atoms with Crippen molar-refractivity contribution in [2.45, 2.75) is 18.1 Å². The Hall–Kier alpha value is -2.55. The number of rotatable bonds is 4. The lowest BCUT2D eigenvalue weighted by atomic mass is 10.1. The highest BCUT2D eigenvalue weighted by atomic mass is 32.2. The molecule has 1 aliphatic carbocycles. The number of carbonyl (C=O) groups excluding carboxylic acids is 1. The molecule has 1 amide bonds. The molecule has 2 aromatic rings. The molecule has 1 fully saturated rings. The first-order valence-corrected chi connectivity index (χ1v) is 7.98. The summed E-state index contributed by atoms with van der Waals surface area (Å²) < 4.78 is 25.9. The van der Waals surface area contributed by atoms with Crippen LogP contribution in [-0.2, 0) is 10.0 Å². The van der Waals surface area contributed by atoms with Crippen LogP contribution in [0.2, 0.25) is 0 Å². The van der Waals surface area contributed by atoms with Gasteiger partial charge < -0.3 is 10.3 Å². The lowest BCUT2D eigenvalue weighted by Gasteiger charge is -2.06. The number of nitrogens with one attached hydrogen (secondary N) is 1. The number of aromatic carboxylic acids is 1. The number of sulfonamides is 1. The van der Waals surface area contributed by atoms with Gasteiger partial charge in [0.25, 0.3) is 5.91 Å². The molecule has 0 aliphatic heterocycles. The molecule has 1 aromatic heterocycles. The standard InChI is InChI=1S/C13H12N2O6S/c16-12(14-22(20,21)9-3-4-9)8-2-1-7-5-11(13(17)18)15(19)10(7)6-8/h1-2,5-6,9,19H,3-4H2,(H,14,16)(H,17,18). The number of hydrogen-bond acceptors (Lipinski definition) is 5. The molecule has 8 nitrogen and oxygen atoms in total. The summed E-state index contributed by atoms with van der Waals surface area (Å²) in [5.74, 6) is -2.13. The molecule has 0 atom stereocenters. The van der Waals surface area contributed by atoms with Crippen LogP contribution in [0.15, 0.2) is 24.3 Å². The quantitative estimate of drug-likeness (QED) is 0.714. The number of nitrogens with zero attached hydrogens (tertiary/aromatic N) is 1. The predicted octanol–water partition coefficient (Wildman–Crippen LogP) is 0.799. The molecule has 1 aliphatic rings. The minimum absolute atomic E-state index is 0.0158. The summed E-state index contributed by atoms with van der Waals surface area (Å²) in [5.41, 5.74) is -0.228. The molecule has 0 saturated heterocycles. The van der Waals surface area contributed by atoms with Crippen molar-refractivity contribution in [3.05, 3.63) is 35.5 Å². The predicted molar refractivity (Wildman–Crippen MR) is 75.5 cm³/mol. The van der Waals surface area contributed by atoms with Crippen LogP contribution in [0.3, 0.4) is 0 Å². The van der Waals surface area contributed by atoms with E-state index in [0.29, 0.717) is 23.0 Å². The Labute approximate surface area is 125 Å². The topological polar surface area (TPSA) is 126 Å². The van der Waals surface area contributed by atoms with E-state index in [1.807, 2.05) is 4.72 Å². The third-order valence-corrected chi connectivity index (χ3v) is 5.28. The molecule has 0 radical (unpaired) electrons. The molecule has 1 aromatic carbocycles. The summed E-state index contributed by atoms with van der Waals surface area (Å²) in [7, 11) is -3.67. The van der Waals surface area contributed by atoms with Crippen LogP contribution in [-0.4, -0.2) is 40.6 Å². The molecule has 1 saturated carbocycles. The van der Waals surface area contributed by atoms with Gasteiger partial charge in [0, 0.05) is 10.9 Å².